The van der Waals surface area contributed by atoms with Crippen LogP contribution in [0.4, 0.5) is 0 Å². The van der Waals surface area contributed by atoms with Crippen LogP contribution in [-0.2, 0) is 24.0 Å². The predicted octanol–water partition coefficient (Wildman–Crippen LogP) is -3.15. The summed E-state index contributed by atoms with van der Waals surface area (Å²) in [6, 6.07) is -4.94. The first-order valence-corrected chi connectivity index (χ1v) is 8.30. The van der Waals surface area contributed by atoms with E-state index in [1.165, 1.54) is 11.8 Å². The fraction of sp³-hybridized carbons (Fsp3) is 0.667. The molecule has 0 spiro atoms. The lowest BCUT2D eigenvalue weighted by atomic mass is 10.1. The molecule has 0 saturated carbocycles. The van der Waals surface area contributed by atoms with Crippen LogP contribution in [0.3, 0.4) is 0 Å². The number of nitrogens with zero attached hydrogens (tertiary/aromatic N) is 1. The van der Waals surface area contributed by atoms with Crippen molar-refractivity contribution < 1.29 is 39.3 Å². The lowest BCUT2D eigenvalue weighted by molar-refractivity contribution is -0.144. The number of carboxylic acid groups (broad SMARTS) is 2. The van der Waals surface area contributed by atoms with Crippen LogP contribution in [0, 0.1) is 0 Å². The third-order valence-corrected chi connectivity index (χ3v) is 4.09. The van der Waals surface area contributed by atoms with E-state index in [0.29, 0.717) is 6.42 Å². The second kappa shape index (κ2) is 9.83. The highest BCUT2D eigenvalue weighted by atomic mass is 16.4. The van der Waals surface area contributed by atoms with E-state index in [4.69, 9.17) is 21.1 Å². The number of carbonyl (C=O) groups is 5. The average Bonchev–Trinajstić information content (AvgIpc) is 3.08. The monoisotopic (exact) mass is 388 g/mol. The van der Waals surface area contributed by atoms with E-state index < -0.39 is 66.9 Å². The SMILES string of the molecule is CC(NC(=O)C(CC(=O)O)NC(=O)C1CCCN1C(=O)C(N)CO)C(=O)O. The van der Waals surface area contributed by atoms with E-state index in [1.807, 2.05) is 0 Å². The van der Waals surface area contributed by atoms with Crippen molar-refractivity contribution in [2.75, 3.05) is 13.2 Å². The van der Waals surface area contributed by atoms with Gasteiger partial charge in [-0.05, 0) is 19.8 Å². The second-order valence-corrected chi connectivity index (χ2v) is 6.21. The van der Waals surface area contributed by atoms with E-state index in [1.54, 1.807) is 0 Å². The number of carboxylic acids is 2. The number of hydrogen-bond acceptors (Lipinski definition) is 7. The predicted molar refractivity (Wildman–Crippen MR) is 89.2 cm³/mol. The summed E-state index contributed by atoms with van der Waals surface area (Å²) in [4.78, 5) is 59.7. The Kier molecular flexibility index (Phi) is 8.12. The molecule has 1 rings (SSSR count). The van der Waals surface area contributed by atoms with E-state index in [-0.39, 0.29) is 13.0 Å². The van der Waals surface area contributed by atoms with Crippen LogP contribution < -0.4 is 16.4 Å². The number of nitrogens with one attached hydrogen (secondary N) is 2. The van der Waals surface area contributed by atoms with Gasteiger partial charge in [-0.25, -0.2) is 0 Å². The lowest BCUT2D eigenvalue weighted by Gasteiger charge is -2.27. The Balaban J connectivity index is 2.86. The normalized spacial score (nSPS) is 19.7. The summed E-state index contributed by atoms with van der Waals surface area (Å²) in [7, 11) is 0. The van der Waals surface area contributed by atoms with E-state index in [9.17, 15) is 24.0 Å². The topological polar surface area (TPSA) is 199 Å². The van der Waals surface area contributed by atoms with Gasteiger partial charge in [0.1, 0.15) is 24.2 Å². The van der Waals surface area contributed by atoms with Gasteiger partial charge in [0.15, 0.2) is 0 Å². The summed E-state index contributed by atoms with van der Waals surface area (Å²) in [5, 5.41) is 31.1. The van der Waals surface area contributed by atoms with Gasteiger partial charge >= 0.3 is 11.9 Å². The van der Waals surface area contributed by atoms with Gasteiger partial charge in [-0.3, -0.25) is 24.0 Å². The Morgan fingerprint density at radius 3 is 2.33 bits per heavy atom. The van der Waals surface area contributed by atoms with E-state index in [0.717, 1.165) is 0 Å². The molecule has 0 aromatic heterocycles. The molecule has 0 bridgehead atoms. The van der Waals surface area contributed by atoms with Crippen molar-refractivity contribution >= 4 is 29.7 Å². The van der Waals surface area contributed by atoms with Crippen molar-refractivity contribution in [1.29, 1.82) is 0 Å². The first kappa shape index (κ1) is 22.3. The molecule has 4 atom stereocenters. The standard InChI is InChI=1S/C15H24N4O8/c1-7(15(26)27)17-12(23)9(5-11(21)22)18-13(24)10-3-2-4-19(10)14(25)8(16)6-20/h7-10,20H,2-6,16H2,1H3,(H,17,23)(H,18,24)(H,21,22)(H,26,27). The summed E-state index contributed by atoms with van der Waals surface area (Å²) < 4.78 is 0. The number of aliphatic hydroxyl groups is 1. The summed E-state index contributed by atoms with van der Waals surface area (Å²) >= 11 is 0. The Labute approximate surface area is 154 Å². The van der Waals surface area contributed by atoms with Crippen molar-refractivity contribution in [3.63, 3.8) is 0 Å². The molecule has 7 N–H and O–H groups in total. The maximum absolute atomic E-state index is 12.5. The third-order valence-electron chi connectivity index (χ3n) is 4.09. The molecule has 0 radical (unpaired) electrons. The van der Waals surface area contributed by atoms with Crippen LogP contribution in [0.1, 0.15) is 26.2 Å². The maximum Gasteiger partial charge on any atom is 0.325 e. The minimum absolute atomic E-state index is 0.233. The third kappa shape index (κ3) is 6.18. The van der Waals surface area contributed by atoms with Crippen molar-refractivity contribution in [2.45, 2.75) is 50.4 Å². The fourth-order valence-corrected chi connectivity index (χ4v) is 2.62. The minimum Gasteiger partial charge on any atom is -0.481 e. The molecule has 1 fully saturated rings. The Bertz CT molecular complexity index is 611. The molecule has 1 aliphatic rings. The summed E-state index contributed by atoms with van der Waals surface area (Å²) in [6.45, 7) is 0.824. The van der Waals surface area contributed by atoms with Gasteiger partial charge in [0.25, 0.3) is 0 Å². The van der Waals surface area contributed by atoms with Crippen LogP contribution in [0.5, 0.6) is 0 Å². The Hall–Kier alpha value is -2.73. The van der Waals surface area contributed by atoms with Crippen molar-refractivity contribution in [3.05, 3.63) is 0 Å². The molecule has 0 aliphatic carbocycles. The first-order valence-electron chi connectivity index (χ1n) is 8.30. The number of rotatable bonds is 9. The molecule has 0 aromatic carbocycles. The molecule has 12 heteroatoms. The number of carbonyl (C=O) groups excluding carboxylic acids is 3. The van der Waals surface area contributed by atoms with Gasteiger partial charge in [0.2, 0.25) is 17.7 Å². The Morgan fingerprint density at radius 1 is 1.19 bits per heavy atom. The summed E-state index contributed by atoms with van der Waals surface area (Å²) in [5.41, 5.74) is 5.49. The molecule has 27 heavy (non-hydrogen) atoms. The van der Waals surface area contributed by atoms with Gasteiger partial charge < -0.3 is 36.6 Å². The zero-order chi connectivity index (χ0) is 20.7. The molecule has 152 valence electrons. The number of likely N-dealkylation sites (tertiary alicyclic amines) is 1. The van der Waals surface area contributed by atoms with Crippen LogP contribution in [0.2, 0.25) is 0 Å². The number of nitrogens with two attached hydrogens (primary N) is 1. The molecular weight excluding hydrogens is 364 g/mol. The number of aliphatic hydroxyl groups excluding tert-OH is 1. The number of amides is 3. The van der Waals surface area contributed by atoms with Gasteiger partial charge in [-0.2, -0.15) is 0 Å². The first-order chi connectivity index (χ1) is 12.6. The maximum atomic E-state index is 12.5. The van der Waals surface area contributed by atoms with E-state index in [2.05, 4.69) is 10.6 Å². The highest BCUT2D eigenvalue weighted by molar-refractivity contribution is 5.95. The lowest BCUT2D eigenvalue weighted by Crippen LogP contribution is -2.57. The number of hydrogen-bond donors (Lipinski definition) is 6. The quantitative estimate of drug-likeness (QED) is 0.236. The Morgan fingerprint density at radius 2 is 1.81 bits per heavy atom. The second-order valence-electron chi connectivity index (χ2n) is 6.21. The van der Waals surface area contributed by atoms with Crippen LogP contribution >= 0.6 is 0 Å². The fourth-order valence-electron chi connectivity index (χ4n) is 2.62. The highest BCUT2D eigenvalue weighted by Gasteiger charge is 2.38. The molecule has 3 amide bonds. The largest absolute Gasteiger partial charge is 0.481 e. The molecule has 12 nitrogen and oxygen atoms in total. The zero-order valence-corrected chi connectivity index (χ0v) is 14.8. The van der Waals surface area contributed by atoms with E-state index >= 15 is 0 Å². The van der Waals surface area contributed by atoms with Gasteiger partial charge in [-0.1, -0.05) is 0 Å². The van der Waals surface area contributed by atoms with Crippen LogP contribution in [0.25, 0.3) is 0 Å². The van der Waals surface area contributed by atoms with Crippen molar-refractivity contribution in [1.82, 2.24) is 15.5 Å². The van der Waals surface area contributed by atoms with Gasteiger partial charge in [-0.15, -0.1) is 0 Å². The van der Waals surface area contributed by atoms with Gasteiger partial charge in [0.05, 0.1) is 13.0 Å². The van der Waals surface area contributed by atoms with Crippen molar-refractivity contribution in [2.24, 2.45) is 5.73 Å². The molecule has 1 aliphatic heterocycles. The molecule has 4 unspecified atom stereocenters. The molecule has 1 saturated heterocycles. The minimum atomic E-state index is -1.51. The van der Waals surface area contributed by atoms with Crippen LogP contribution in [-0.4, -0.2) is 87.2 Å². The summed E-state index contributed by atoms with van der Waals surface area (Å²) in [6.07, 6.45) is 0.0111. The highest BCUT2D eigenvalue weighted by Crippen LogP contribution is 2.18. The molecular formula is C15H24N4O8. The van der Waals surface area contributed by atoms with Crippen molar-refractivity contribution in [3.8, 4) is 0 Å². The smallest absolute Gasteiger partial charge is 0.325 e. The van der Waals surface area contributed by atoms with Gasteiger partial charge in [0, 0.05) is 6.54 Å². The average molecular weight is 388 g/mol. The number of aliphatic carboxylic acids is 2. The zero-order valence-electron chi connectivity index (χ0n) is 14.8. The molecule has 1 heterocycles. The summed E-state index contributed by atoms with van der Waals surface area (Å²) in [5.74, 6) is -5.05. The van der Waals surface area contributed by atoms with Crippen LogP contribution in [0.15, 0.2) is 0 Å². The molecule has 0 aromatic rings.